The zero-order valence-corrected chi connectivity index (χ0v) is 39.7. The van der Waals surface area contributed by atoms with Crippen molar-refractivity contribution in [3.8, 4) is 33.4 Å². The molecule has 4 heteroatoms. The monoisotopic (exact) mass is 953 g/mol. The van der Waals surface area contributed by atoms with Gasteiger partial charge in [-0.2, -0.15) is 0 Å². The van der Waals surface area contributed by atoms with E-state index >= 15 is 0 Å². The SMILES string of the molecule is CCCCC1=Cc2c(-c3ccccc3C)cccc2[CH]1[Hf]([Cl])([Cl])([c]1cccc2c1[SiH2]c1ccccc1-2)[CH]1C(CCCC)=Cc2c(-c3ccccc3C)cccc21. The number of benzene rings is 6. The Kier molecular flexibility index (Phi) is 10.2. The van der Waals surface area contributed by atoms with Crippen molar-refractivity contribution in [1.29, 1.82) is 0 Å². The molecule has 1 heterocycles. The van der Waals surface area contributed by atoms with Crippen LogP contribution in [0.2, 0.25) is 0 Å². The Morgan fingerprint density at radius 2 is 0.946 bits per heavy atom. The van der Waals surface area contributed by atoms with Crippen molar-refractivity contribution in [2.24, 2.45) is 0 Å². The molecule has 6 aromatic rings. The van der Waals surface area contributed by atoms with Crippen LogP contribution in [0.25, 0.3) is 45.5 Å². The summed E-state index contributed by atoms with van der Waals surface area (Å²) in [5.41, 5.74) is 18.7. The Hall–Kier alpha value is -3.53. The molecule has 0 bridgehead atoms. The topological polar surface area (TPSA) is 0 Å². The van der Waals surface area contributed by atoms with E-state index in [1.54, 1.807) is 0 Å². The number of hydrogen-bond donors (Lipinski definition) is 0. The Morgan fingerprint density at radius 1 is 0.500 bits per heavy atom. The van der Waals surface area contributed by atoms with Gasteiger partial charge in [-0.25, -0.2) is 0 Å². The molecular weight excluding hydrogens is 902 g/mol. The first kappa shape index (κ1) is 38.0. The minimum absolute atomic E-state index is 0.0480. The maximum atomic E-state index is 9.35. The summed E-state index contributed by atoms with van der Waals surface area (Å²) < 4.78 is 1.23. The van der Waals surface area contributed by atoms with Crippen LogP contribution in [0.3, 0.4) is 0 Å². The molecule has 1 aliphatic heterocycles. The molecule has 0 amide bonds. The molecule has 0 fully saturated rings. The number of aryl methyl sites for hydroxylation is 2. The van der Waals surface area contributed by atoms with E-state index in [4.69, 9.17) is 0 Å². The van der Waals surface area contributed by atoms with Gasteiger partial charge in [-0.1, -0.05) is 0 Å². The van der Waals surface area contributed by atoms with E-state index in [0.29, 0.717) is 0 Å². The van der Waals surface area contributed by atoms with E-state index in [0.717, 1.165) is 38.5 Å². The average molecular weight is 953 g/mol. The van der Waals surface area contributed by atoms with E-state index in [1.807, 2.05) is 0 Å². The molecule has 0 N–H and O–H groups in total. The number of rotatable bonds is 11. The van der Waals surface area contributed by atoms with Crippen molar-refractivity contribution < 1.29 is 16.1 Å². The van der Waals surface area contributed by atoms with Crippen molar-refractivity contribution in [1.82, 2.24) is 0 Å². The van der Waals surface area contributed by atoms with Crippen LogP contribution in [0, 0.1) is 13.8 Å². The quantitative estimate of drug-likeness (QED) is 0.113. The third-order valence-corrected chi connectivity index (χ3v) is 45.0. The fourth-order valence-corrected chi connectivity index (χ4v) is 49.8. The third kappa shape index (κ3) is 6.00. The summed E-state index contributed by atoms with van der Waals surface area (Å²) >= 11 is -5.75. The van der Waals surface area contributed by atoms with Gasteiger partial charge in [0.1, 0.15) is 0 Å². The number of allylic oxidation sites excluding steroid dienone is 2. The van der Waals surface area contributed by atoms with Crippen LogP contribution in [-0.4, -0.2) is 9.52 Å². The second-order valence-corrected chi connectivity index (χ2v) is 47.7. The van der Waals surface area contributed by atoms with Crippen LogP contribution < -0.4 is 13.7 Å². The zero-order chi connectivity index (χ0) is 38.6. The maximum absolute atomic E-state index is 9.35. The van der Waals surface area contributed by atoms with Gasteiger partial charge in [0.2, 0.25) is 0 Å². The molecule has 56 heavy (non-hydrogen) atoms. The summed E-state index contributed by atoms with van der Waals surface area (Å²) in [6.07, 6.45) is 11.6. The Balaban J connectivity index is 1.37. The molecule has 2 aliphatic carbocycles. The van der Waals surface area contributed by atoms with Crippen molar-refractivity contribution in [2.45, 2.75) is 73.6 Å². The second-order valence-electron chi connectivity index (χ2n) is 16.6. The summed E-state index contributed by atoms with van der Waals surface area (Å²) in [6, 6.07) is 47.8. The van der Waals surface area contributed by atoms with E-state index in [2.05, 4.69) is 167 Å². The van der Waals surface area contributed by atoms with E-state index in [9.17, 15) is 17.2 Å². The third-order valence-electron chi connectivity index (χ3n) is 13.2. The Labute approximate surface area is 344 Å². The van der Waals surface area contributed by atoms with Gasteiger partial charge in [-0.05, 0) is 0 Å². The molecule has 0 spiro atoms. The van der Waals surface area contributed by atoms with E-state index < -0.39 is 25.7 Å². The molecule has 2 unspecified atom stereocenters. The molecule has 281 valence electrons. The first-order chi connectivity index (χ1) is 27.2. The first-order valence-corrected chi connectivity index (χ1v) is 37.1. The molecule has 0 nitrogen and oxygen atoms in total. The summed E-state index contributed by atoms with van der Waals surface area (Å²) in [7, 11) is 17.9. The molecule has 2 atom stereocenters. The van der Waals surface area contributed by atoms with Crippen LogP contribution in [-0.2, 0) is 16.1 Å². The van der Waals surface area contributed by atoms with Crippen molar-refractivity contribution in [2.75, 3.05) is 0 Å². The summed E-state index contributed by atoms with van der Waals surface area (Å²) in [5.74, 6) is 0. The van der Waals surface area contributed by atoms with Crippen molar-refractivity contribution >= 4 is 52.5 Å². The molecule has 0 aromatic heterocycles. The summed E-state index contributed by atoms with van der Waals surface area (Å²) in [6.45, 7) is 9.09. The molecule has 9 rings (SSSR count). The predicted molar refractivity (Wildman–Crippen MR) is 245 cm³/mol. The summed E-state index contributed by atoms with van der Waals surface area (Å²) in [5, 5.41) is 3.00. The second kappa shape index (κ2) is 15.0. The number of fused-ring (bicyclic) bond motifs is 5. The van der Waals surface area contributed by atoms with Crippen molar-refractivity contribution in [3.05, 3.63) is 172 Å². The molecule has 3 aliphatic rings. The normalized spacial score (nSPS) is 17.8. The van der Waals surface area contributed by atoms with E-state index in [-0.39, 0.29) is 7.35 Å². The van der Waals surface area contributed by atoms with Crippen LogP contribution in [0.4, 0.5) is 0 Å². The number of unbranched alkanes of at least 4 members (excludes halogenated alkanes) is 2. The molecule has 0 saturated carbocycles. The van der Waals surface area contributed by atoms with E-state index in [1.165, 1.54) is 91.6 Å². The average Bonchev–Trinajstić information content (AvgIpc) is 3.92. The Morgan fingerprint density at radius 3 is 1.46 bits per heavy atom. The zero-order valence-electron chi connectivity index (χ0n) is 33.1. The molecule has 0 radical (unpaired) electrons. The van der Waals surface area contributed by atoms with Crippen LogP contribution in [0.1, 0.15) is 93.1 Å². The predicted octanol–water partition coefficient (Wildman–Crippen LogP) is 13.0. The van der Waals surface area contributed by atoms with Gasteiger partial charge in [0.15, 0.2) is 0 Å². The molecule has 6 aromatic carbocycles. The van der Waals surface area contributed by atoms with Gasteiger partial charge >= 0.3 is 348 Å². The van der Waals surface area contributed by atoms with Crippen LogP contribution in [0.15, 0.2) is 139 Å². The fraction of sp³-hybridized carbons (Fsp3) is 0.231. The minimum atomic E-state index is -5.75. The van der Waals surface area contributed by atoms with Gasteiger partial charge in [0, 0.05) is 0 Å². The molecular formula is C52H51Cl2HfSi. The van der Waals surface area contributed by atoms with Crippen molar-refractivity contribution in [3.63, 3.8) is 0 Å². The van der Waals surface area contributed by atoms with Gasteiger partial charge in [0.25, 0.3) is 0 Å². The van der Waals surface area contributed by atoms with Crippen LogP contribution in [0.5, 0.6) is 0 Å². The standard InChI is InChI=1S/2C20H21.C12H9Si.2ClH.Hf/c2*1-3-4-9-16-13-17-10-7-12-19(20(17)14-16)18-11-6-5-8-15(18)2;1-3-7-11-9(5-1)10-6-2-4-8-12(10)13-11;;;/h2*5-8,10-14H,3-4,9H2,1-2H3;1-7H,13H2;2*1H;/q;;;;;+2/p-2. The molecule has 0 saturated heterocycles. The Bertz CT molecular complexity index is 2450. The van der Waals surface area contributed by atoms with Gasteiger partial charge in [0.05, 0.1) is 0 Å². The first-order valence-electron chi connectivity index (χ1n) is 20.8. The van der Waals surface area contributed by atoms with Gasteiger partial charge in [-0.15, -0.1) is 0 Å². The summed E-state index contributed by atoms with van der Waals surface area (Å²) in [4.78, 5) is 0. The fourth-order valence-electron chi connectivity index (χ4n) is 10.7. The number of hydrogen-bond acceptors (Lipinski definition) is 0. The number of halogens is 2. The van der Waals surface area contributed by atoms with Gasteiger partial charge < -0.3 is 0 Å². The van der Waals surface area contributed by atoms with Gasteiger partial charge in [-0.3, -0.25) is 0 Å². The van der Waals surface area contributed by atoms with Crippen LogP contribution >= 0.6 is 17.2 Å².